The molecule has 2 N–H and O–H groups in total. The Labute approximate surface area is 60.2 Å². The van der Waals surface area contributed by atoms with E-state index >= 15 is 0 Å². The molecule has 1 amide bonds. The van der Waals surface area contributed by atoms with E-state index in [1.54, 1.807) is 14.0 Å². The molecule has 0 aromatic heterocycles. The Morgan fingerprint density at radius 1 is 1.80 bits per heavy atom. The molecular weight excluding hydrogens is 130 g/mol. The third-order valence-electron chi connectivity index (χ3n) is 1.17. The third-order valence-corrected chi connectivity index (χ3v) is 1.17. The average molecular weight is 141 g/mol. The van der Waals surface area contributed by atoms with Crippen molar-refractivity contribution in [1.29, 1.82) is 5.26 Å². The van der Waals surface area contributed by atoms with Gasteiger partial charge in [-0.3, -0.25) is 4.79 Å². The van der Waals surface area contributed by atoms with Gasteiger partial charge in [-0.05, 0) is 14.0 Å². The molecule has 4 nitrogen and oxygen atoms in total. The number of hydrogen-bond donors (Lipinski definition) is 2. The van der Waals surface area contributed by atoms with E-state index in [0.29, 0.717) is 0 Å². The quantitative estimate of drug-likeness (QED) is 0.507. The lowest BCUT2D eigenvalue weighted by Crippen LogP contribution is -2.40. The third kappa shape index (κ3) is 3.05. The Bertz CT molecular complexity index is 150. The molecule has 0 heterocycles. The van der Waals surface area contributed by atoms with Crippen LogP contribution in [0, 0.1) is 11.3 Å². The summed E-state index contributed by atoms with van der Waals surface area (Å²) >= 11 is 0. The molecule has 0 aliphatic carbocycles. The number of nitrogens with one attached hydrogen (secondary N) is 2. The van der Waals surface area contributed by atoms with Gasteiger partial charge in [-0.2, -0.15) is 5.26 Å². The molecule has 1 unspecified atom stereocenters. The van der Waals surface area contributed by atoms with Crippen molar-refractivity contribution in [1.82, 2.24) is 10.6 Å². The van der Waals surface area contributed by atoms with Crippen molar-refractivity contribution >= 4 is 5.91 Å². The van der Waals surface area contributed by atoms with Gasteiger partial charge in [0.2, 0.25) is 5.91 Å². The van der Waals surface area contributed by atoms with Crippen LogP contribution in [0.3, 0.4) is 0 Å². The van der Waals surface area contributed by atoms with E-state index in [-0.39, 0.29) is 18.5 Å². The van der Waals surface area contributed by atoms with Gasteiger partial charge in [0.25, 0.3) is 0 Å². The Balaban J connectivity index is 3.54. The zero-order chi connectivity index (χ0) is 7.98. The standard InChI is InChI=1S/C6H11N3O/c1-5(8-2)6(10)9-4-3-7/h5,8H,4H2,1-2H3,(H,9,10). The Kier molecular flexibility index (Phi) is 4.25. The fourth-order valence-electron chi connectivity index (χ4n) is 0.411. The largest absolute Gasteiger partial charge is 0.342 e. The first kappa shape index (κ1) is 8.92. The molecule has 0 aliphatic rings. The lowest BCUT2D eigenvalue weighted by atomic mass is 10.3. The number of nitriles is 1. The fraction of sp³-hybridized carbons (Fsp3) is 0.667. The van der Waals surface area contributed by atoms with Gasteiger partial charge in [0.05, 0.1) is 12.1 Å². The van der Waals surface area contributed by atoms with Crippen LogP contribution in [0.1, 0.15) is 6.92 Å². The predicted molar refractivity (Wildman–Crippen MR) is 37.1 cm³/mol. The number of rotatable bonds is 3. The van der Waals surface area contributed by atoms with Crippen molar-refractivity contribution in [2.24, 2.45) is 0 Å². The summed E-state index contributed by atoms with van der Waals surface area (Å²) in [5.74, 6) is -0.149. The maximum atomic E-state index is 10.8. The van der Waals surface area contributed by atoms with Crippen LogP contribution < -0.4 is 10.6 Å². The van der Waals surface area contributed by atoms with Gasteiger partial charge in [0.15, 0.2) is 0 Å². The second kappa shape index (κ2) is 4.77. The number of likely N-dealkylation sites (N-methyl/N-ethyl adjacent to an activating group) is 1. The summed E-state index contributed by atoms with van der Waals surface area (Å²) in [4.78, 5) is 10.8. The highest BCUT2D eigenvalue weighted by molar-refractivity contribution is 5.81. The summed E-state index contributed by atoms with van der Waals surface area (Å²) in [6.45, 7) is 1.80. The van der Waals surface area contributed by atoms with Crippen LogP contribution in [-0.2, 0) is 4.79 Å². The van der Waals surface area contributed by atoms with Crippen molar-refractivity contribution in [3.05, 3.63) is 0 Å². The molecule has 0 saturated heterocycles. The van der Waals surface area contributed by atoms with Crippen molar-refractivity contribution in [3.8, 4) is 6.07 Å². The molecule has 1 atom stereocenters. The van der Waals surface area contributed by atoms with Gasteiger partial charge in [0.1, 0.15) is 6.54 Å². The molecule has 0 aliphatic heterocycles. The smallest absolute Gasteiger partial charge is 0.237 e. The monoisotopic (exact) mass is 141 g/mol. The molecule has 0 aromatic rings. The zero-order valence-electron chi connectivity index (χ0n) is 6.14. The van der Waals surface area contributed by atoms with E-state index in [2.05, 4.69) is 10.6 Å². The number of carbonyl (C=O) groups is 1. The van der Waals surface area contributed by atoms with E-state index in [0.717, 1.165) is 0 Å². The second-order valence-electron chi connectivity index (χ2n) is 1.89. The van der Waals surface area contributed by atoms with E-state index in [1.807, 2.05) is 6.07 Å². The van der Waals surface area contributed by atoms with Crippen molar-refractivity contribution in [2.75, 3.05) is 13.6 Å². The van der Waals surface area contributed by atoms with Crippen LogP contribution in [0.25, 0.3) is 0 Å². The highest BCUT2D eigenvalue weighted by Crippen LogP contribution is 1.76. The fourth-order valence-corrected chi connectivity index (χ4v) is 0.411. The van der Waals surface area contributed by atoms with E-state index in [9.17, 15) is 4.79 Å². The van der Waals surface area contributed by atoms with Crippen LogP contribution in [0.5, 0.6) is 0 Å². The first-order valence-corrected chi connectivity index (χ1v) is 3.04. The van der Waals surface area contributed by atoms with Crippen molar-refractivity contribution in [2.45, 2.75) is 13.0 Å². The predicted octanol–water partition coefficient (Wildman–Crippen LogP) is -0.766. The molecule has 0 aromatic carbocycles. The summed E-state index contributed by atoms with van der Waals surface area (Å²) < 4.78 is 0. The van der Waals surface area contributed by atoms with Gasteiger partial charge in [-0.25, -0.2) is 0 Å². The normalized spacial score (nSPS) is 11.7. The summed E-state index contributed by atoms with van der Waals surface area (Å²) in [6.07, 6.45) is 0. The lowest BCUT2D eigenvalue weighted by Gasteiger charge is -2.07. The maximum absolute atomic E-state index is 10.8. The topological polar surface area (TPSA) is 64.9 Å². The average Bonchev–Trinajstić information content (AvgIpc) is 1.98. The van der Waals surface area contributed by atoms with Gasteiger partial charge in [-0.15, -0.1) is 0 Å². The molecule has 0 spiro atoms. The minimum Gasteiger partial charge on any atom is -0.342 e. The summed E-state index contributed by atoms with van der Waals surface area (Å²) in [5, 5.41) is 13.3. The Morgan fingerprint density at radius 2 is 2.40 bits per heavy atom. The van der Waals surface area contributed by atoms with Crippen LogP contribution in [-0.4, -0.2) is 25.5 Å². The zero-order valence-corrected chi connectivity index (χ0v) is 6.14. The number of hydrogen-bond acceptors (Lipinski definition) is 3. The highest BCUT2D eigenvalue weighted by atomic mass is 16.2. The second-order valence-corrected chi connectivity index (χ2v) is 1.89. The molecule has 0 radical (unpaired) electrons. The molecule has 4 heteroatoms. The van der Waals surface area contributed by atoms with Crippen molar-refractivity contribution < 1.29 is 4.79 Å². The lowest BCUT2D eigenvalue weighted by molar-refractivity contribution is -0.122. The molecular formula is C6H11N3O. The first-order chi connectivity index (χ1) is 4.72. The van der Waals surface area contributed by atoms with E-state index < -0.39 is 0 Å². The first-order valence-electron chi connectivity index (χ1n) is 3.04. The Morgan fingerprint density at radius 3 is 2.80 bits per heavy atom. The van der Waals surface area contributed by atoms with Gasteiger partial charge in [-0.1, -0.05) is 0 Å². The van der Waals surface area contributed by atoms with E-state index in [4.69, 9.17) is 5.26 Å². The molecule has 0 saturated carbocycles. The minimum absolute atomic E-state index is 0.0743. The van der Waals surface area contributed by atoms with Crippen LogP contribution >= 0.6 is 0 Å². The van der Waals surface area contributed by atoms with Gasteiger partial charge < -0.3 is 10.6 Å². The summed E-state index contributed by atoms with van der Waals surface area (Å²) in [5.41, 5.74) is 0. The number of nitrogens with zero attached hydrogens (tertiary/aromatic N) is 1. The van der Waals surface area contributed by atoms with E-state index in [1.165, 1.54) is 0 Å². The Hall–Kier alpha value is -1.08. The molecule has 0 rings (SSSR count). The summed E-state index contributed by atoms with van der Waals surface area (Å²) in [7, 11) is 1.69. The highest BCUT2D eigenvalue weighted by Gasteiger charge is 2.07. The summed E-state index contributed by atoms with van der Waals surface area (Å²) in [6, 6.07) is 1.59. The minimum atomic E-state index is -0.228. The molecule has 10 heavy (non-hydrogen) atoms. The van der Waals surface area contributed by atoms with Gasteiger partial charge >= 0.3 is 0 Å². The molecule has 0 bridgehead atoms. The number of carbonyl (C=O) groups excluding carboxylic acids is 1. The maximum Gasteiger partial charge on any atom is 0.237 e. The van der Waals surface area contributed by atoms with Crippen LogP contribution in [0.2, 0.25) is 0 Å². The van der Waals surface area contributed by atoms with Crippen molar-refractivity contribution in [3.63, 3.8) is 0 Å². The van der Waals surface area contributed by atoms with Crippen LogP contribution in [0.4, 0.5) is 0 Å². The van der Waals surface area contributed by atoms with Gasteiger partial charge in [0, 0.05) is 0 Å². The SMILES string of the molecule is CNC(C)C(=O)NCC#N. The molecule has 56 valence electrons. The number of amides is 1. The van der Waals surface area contributed by atoms with Crippen LogP contribution in [0.15, 0.2) is 0 Å². The molecule has 0 fully saturated rings.